The molecule has 22 heteroatoms. The van der Waals surface area contributed by atoms with Gasteiger partial charge in [0.15, 0.2) is 28.8 Å². The van der Waals surface area contributed by atoms with Crippen molar-refractivity contribution in [2.45, 2.75) is 9.79 Å². The molecule has 0 aliphatic heterocycles. The predicted molar refractivity (Wildman–Crippen MR) is 167 cm³/mol. The number of anilines is 2. The molecule has 0 atom stereocenters. The highest BCUT2D eigenvalue weighted by atomic mass is 32.2. The van der Waals surface area contributed by atoms with Crippen LogP contribution in [0.4, 0.5) is 29.2 Å². The molecule has 16 nitrogen and oxygen atoms in total. The minimum absolute atomic E-state index is 0.0257. The van der Waals surface area contributed by atoms with E-state index in [-0.39, 0.29) is 33.1 Å². The van der Waals surface area contributed by atoms with Gasteiger partial charge in [-0.3, -0.25) is 18.9 Å². The SMILES string of the molecule is Nc1nc(=O)n(S(=O)(=O)c2ccccc2)cc1F.[2H]C([2H])([2H])n1c(=N)c(F)cn(S(=O)(=O)c2ccccc2)c1=O.[2H]C([2H])([2H])n1c(N)c(F)cnc1=O.[2H]CF. The molecule has 49 heavy (non-hydrogen) atoms. The molecule has 5 rings (SSSR count). The molecule has 0 spiro atoms. The topological polar surface area (TPSA) is 241 Å². The van der Waals surface area contributed by atoms with Crippen LogP contribution in [-0.2, 0) is 34.0 Å². The smallest absolute Gasteiger partial charge is 0.363 e. The van der Waals surface area contributed by atoms with Gasteiger partial charge in [-0.25, -0.2) is 44.4 Å². The van der Waals surface area contributed by atoms with Crippen molar-refractivity contribution in [2.75, 3.05) is 18.6 Å². The first-order valence-electron chi connectivity index (χ1n) is 16.1. The van der Waals surface area contributed by atoms with E-state index in [9.17, 15) is 48.8 Å². The highest BCUT2D eigenvalue weighted by molar-refractivity contribution is 7.90. The summed E-state index contributed by atoms with van der Waals surface area (Å²) in [5.41, 5.74) is 5.12. The lowest BCUT2D eigenvalue weighted by atomic mass is 10.4. The molecule has 2 aromatic carbocycles. The first kappa shape index (κ1) is 29.3. The van der Waals surface area contributed by atoms with Crippen molar-refractivity contribution in [3.8, 4) is 0 Å². The van der Waals surface area contributed by atoms with Gasteiger partial charge < -0.3 is 11.5 Å². The van der Waals surface area contributed by atoms with Crippen molar-refractivity contribution in [3.63, 3.8) is 0 Å². The van der Waals surface area contributed by atoms with Gasteiger partial charge in [-0.2, -0.15) is 17.9 Å². The third-order valence-corrected chi connectivity index (χ3v) is 8.80. The number of aromatic nitrogens is 6. The summed E-state index contributed by atoms with van der Waals surface area (Å²) in [6.07, 6.45) is 1.38. The third-order valence-electron chi connectivity index (χ3n) is 5.51. The minimum Gasteiger partial charge on any atom is -0.382 e. The number of nitrogen functional groups attached to an aromatic ring is 2. The van der Waals surface area contributed by atoms with Crippen LogP contribution in [0.2, 0.25) is 0 Å². The summed E-state index contributed by atoms with van der Waals surface area (Å²) in [6, 6.07) is 13.8. The Labute approximate surface area is 284 Å². The van der Waals surface area contributed by atoms with E-state index in [2.05, 4.69) is 9.97 Å². The standard InChI is InChI=1S/C11H10FN3O3S.C10H8FN3O3S.C5H6FN3O.CH3F/c1-14-10(13)9(12)7-15(11(14)16)19(17,18)8-5-3-2-4-6-8;11-8-6-14(10(15)13-9(8)12)18(16,17)7-4-2-1-3-5-7;1-9-4(7)3(6)2-8-5(9)10;1-2/h2-7,13H,1H3;1-6H,(H2,12,13,15);2H,7H2,1H3;1H3/i1D3;;1D3;1D. The van der Waals surface area contributed by atoms with Crippen LogP contribution in [0.3, 0.4) is 0 Å². The van der Waals surface area contributed by atoms with E-state index in [1.807, 2.05) is 0 Å². The van der Waals surface area contributed by atoms with E-state index in [0.717, 1.165) is 0 Å². The Morgan fingerprint density at radius 3 is 1.67 bits per heavy atom. The normalized spacial score (nSPS) is 13.3. The van der Waals surface area contributed by atoms with Gasteiger partial charge in [0.05, 0.1) is 36.9 Å². The van der Waals surface area contributed by atoms with Crippen LogP contribution in [0.1, 0.15) is 9.60 Å². The zero-order chi connectivity index (χ0) is 43.0. The molecule has 3 heterocycles. The van der Waals surface area contributed by atoms with Crippen LogP contribution in [0, 0.1) is 22.9 Å². The fraction of sp³-hybridized carbons (Fsp3) is 0.111. The number of halogens is 4. The Kier molecular flexibility index (Phi) is 9.72. The van der Waals surface area contributed by atoms with Crippen LogP contribution in [-0.4, -0.2) is 51.0 Å². The predicted octanol–water partition coefficient (Wildman–Crippen LogP) is 0.331. The molecule has 0 aliphatic carbocycles. The monoisotopic (exact) mass is 736 g/mol. The molecule has 0 saturated carbocycles. The van der Waals surface area contributed by atoms with Crippen LogP contribution in [0.25, 0.3) is 0 Å². The number of hydrogen-bond donors (Lipinski definition) is 3. The quantitative estimate of drug-likeness (QED) is 0.212. The lowest BCUT2D eigenvalue weighted by Crippen LogP contribution is -2.41. The van der Waals surface area contributed by atoms with Gasteiger partial charge >= 0.3 is 17.1 Å². The molecule has 3 aromatic heterocycles. The number of nitrogens with zero attached hydrogens (tertiary/aromatic N) is 6. The summed E-state index contributed by atoms with van der Waals surface area (Å²) >= 11 is 0. The molecule has 0 aliphatic rings. The Hall–Kier alpha value is -5.90. The molecule has 5 N–H and O–H groups in total. The number of rotatable bonds is 4. The molecule has 0 saturated heterocycles. The second-order valence-corrected chi connectivity index (χ2v) is 12.2. The number of alkyl halides is 1. The second kappa shape index (κ2) is 16.3. The van der Waals surface area contributed by atoms with Crippen molar-refractivity contribution < 1.29 is 44.0 Å². The second-order valence-electron chi connectivity index (χ2n) is 8.54. The van der Waals surface area contributed by atoms with Gasteiger partial charge in [-0.1, -0.05) is 36.4 Å². The van der Waals surface area contributed by atoms with E-state index in [1.54, 1.807) is 6.07 Å². The minimum atomic E-state index is -4.48. The van der Waals surface area contributed by atoms with Crippen molar-refractivity contribution >= 4 is 31.7 Å². The Morgan fingerprint density at radius 2 is 1.20 bits per heavy atom. The molecule has 5 aromatic rings. The van der Waals surface area contributed by atoms with Crippen LogP contribution in [0.5, 0.6) is 0 Å². The van der Waals surface area contributed by atoms with Gasteiger partial charge in [0.1, 0.15) is 5.82 Å². The van der Waals surface area contributed by atoms with Gasteiger partial charge in [-0.05, 0) is 24.3 Å². The van der Waals surface area contributed by atoms with Crippen molar-refractivity contribution in [1.29, 1.82) is 5.41 Å². The number of benzene rings is 2. The molecule has 262 valence electrons. The number of nitrogens with one attached hydrogen (secondary N) is 1. The molecule has 0 fully saturated rings. The maximum atomic E-state index is 13.7. The third kappa shape index (κ3) is 8.92. The average molecular weight is 737 g/mol. The molecule has 0 bridgehead atoms. The molecular weight excluding hydrogens is 702 g/mol. The first-order chi connectivity index (χ1) is 25.7. The van der Waals surface area contributed by atoms with Crippen molar-refractivity contribution in [3.05, 3.63) is 134 Å². The molecule has 0 radical (unpaired) electrons. The first-order valence-corrected chi connectivity index (χ1v) is 15.3. The zero-order valence-corrected chi connectivity index (χ0v) is 25.9. The van der Waals surface area contributed by atoms with E-state index >= 15 is 0 Å². The van der Waals surface area contributed by atoms with E-state index < -0.39 is 92.8 Å². The maximum Gasteiger partial charge on any atom is 0.363 e. The molecular formula is C27H27F4N9O7S2. The van der Waals surface area contributed by atoms with Gasteiger partial charge in [-0.15, -0.1) is 0 Å². The van der Waals surface area contributed by atoms with Crippen LogP contribution in [0.15, 0.2) is 103 Å². The number of hydrogen-bond acceptors (Lipinski definition) is 12. The Balaban J connectivity index is 0.000000288. The molecule has 0 unspecified atom stereocenters. The van der Waals surface area contributed by atoms with Crippen LogP contribution < -0.4 is 34.0 Å². The average Bonchev–Trinajstić information content (AvgIpc) is 3.10. The fourth-order valence-electron chi connectivity index (χ4n) is 3.15. The summed E-state index contributed by atoms with van der Waals surface area (Å²) in [5, 5.41) is 7.32. The van der Waals surface area contributed by atoms with Gasteiger partial charge in [0.2, 0.25) is 0 Å². The summed E-state index contributed by atoms with van der Waals surface area (Å²) in [4.78, 5) is 40.1. The Bertz CT molecular complexity index is 2650. The summed E-state index contributed by atoms with van der Waals surface area (Å²) < 4.78 is 146. The number of nitrogens with two attached hydrogens (primary N) is 2. The van der Waals surface area contributed by atoms with Gasteiger partial charge in [0, 0.05) is 22.2 Å². The lowest BCUT2D eigenvalue weighted by molar-refractivity contribution is 0.534. The fourth-order valence-corrected chi connectivity index (χ4v) is 5.61. The van der Waals surface area contributed by atoms with E-state index in [4.69, 9.17) is 26.5 Å². The van der Waals surface area contributed by atoms with Crippen molar-refractivity contribution in [1.82, 2.24) is 27.0 Å². The van der Waals surface area contributed by atoms with E-state index in [1.165, 1.54) is 54.6 Å². The Morgan fingerprint density at radius 1 is 0.735 bits per heavy atom. The summed E-state index contributed by atoms with van der Waals surface area (Å²) in [6.45, 7) is -6.00. The van der Waals surface area contributed by atoms with Gasteiger partial charge in [0.25, 0.3) is 20.0 Å². The highest BCUT2D eigenvalue weighted by Gasteiger charge is 2.21. The van der Waals surface area contributed by atoms with Crippen molar-refractivity contribution in [2.24, 2.45) is 14.0 Å². The largest absolute Gasteiger partial charge is 0.382 e. The summed E-state index contributed by atoms with van der Waals surface area (Å²) in [5.74, 6) is -4.93. The molecule has 0 amide bonds. The zero-order valence-electron chi connectivity index (χ0n) is 31.2. The van der Waals surface area contributed by atoms with E-state index in [0.29, 0.717) is 12.4 Å². The highest BCUT2D eigenvalue weighted by Crippen LogP contribution is 2.13. The summed E-state index contributed by atoms with van der Waals surface area (Å²) in [7, 11) is -9.64. The van der Waals surface area contributed by atoms with Crippen LogP contribution >= 0.6 is 0 Å². The maximum absolute atomic E-state index is 13.7. The lowest BCUT2D eigenvalue weighted by Gasteiger charge is -2.09.